The Hall–Kier alpha value is -1.95. The number of nitrogens with two attached hydrogens (primary N) is 1. The molecule has 0 aliphatic carbocycles. The van der Waals surface area contributed by atoms with Crippen LogP contribution in [-0.2, 0) is 4.74 Å². The smallest absolute Gasteiger partial charge is 0.408 e. The van der Waals surface area contributed by atoms with Gasteiger partial charge in [0.15, 0.2) is 5.58 Å². The van der Waals surface area contributed by atoms with E-state index in [0.717, 1.165) is 38.2 Å². The number of aromatic nitrogens is 1. The Morgan fingerprint density at radius 3 is 2.90 bits per heavy atom. The topological polar surface area (TPSA) is 84.5 Å². The summed E-state index contributed by atoms with van der Waals surface area (Å²) in [6, 6.07) is 3.61. The third-order valence-corrected chi connectivity index (χ3v) is 3.93. The van der Waals surface area contributed by atoms with E-state index in [0.29, 0.717) is 22.7 Å². The number of ether oxygens (including phenoxy) is 1. The van der Waals surface area contributed by atoms with Gasteiger partial charge in [-0.2, -0.15) is 0 Å². The Morgan fingerprint density at radius 1 is 1.45 bits per heavy atom. The molecule has 1 fully saturated rings. The van der Waals surface area contributed by atoms with E-state index < -0.39 is 5.76 Å². The highest BCUT2D eigenvalue weighted by atomic mass is 16.5. The highest BCUT2D eigenvalue weighted by Crippen LogP contribution is 2.31. The van der Waals surface area contributed by atoms with Crippen molar-refractivity contribution in [3.05, 3.63) is 22.7 Å². The molecule has 0 bridgehead atoms. The SMILES string of the molecule is COCC1CCN(c2cc3[nH]c(=O)oc3cc2N)CC1. The molecule has 108 valence electrons. The van der Waals surface area contributed by atoms with Gasteiger partial charge >= 0.3 is 5.76 Å². The average Bonchev–Trinajstić information content (AvgIpc) is 2.78. The summed E-state index contributed by atoms with van der Waals surface area (Å²) in [4.78, 5) is 16.1. The molecule has 6 heteroatoms. The largest absolute Gasteiger partial charge is 0.417 e. The molecule has 0 atom stereocenters. The van der Waals surface area contributed by atoms with Crippen molar-refractivity contribution in [2.45, 2.75) is 12.8 Å². The molecule has 0 saturated carbocycles. The molecule has 1 aliphatic rings. The quantitative estimate of drug-likeness (QED) is 0.832. The number of nitrogens with zero attached hydrogens (tertiary/aromatic N) is 1. The van der Waals surface area contributed by atoms with Gasteiger partial charge in [0.2, 0.25) is 0 Å². The van der Waals surface area contributed by atoms with E-state index in [1.807, 2.05) is 6.07 Å². The molecule has 20 heavy (non-hydrogen) atoms. The highest BCUT2D eigenvalue weighted by Gasteiger charge is 2.21. The van der Waals surface area contributed by atoms with Gasteiger partial charge < -0.3 is 19.8 Å². The lowest BCUT2D eigenvalue weighted by Crippen LogP contribution is -2.35. The van der Waals surface area contributed by atoms with E-state index in [1.165, 1.54) is 0 Å². The molecule has 2 heterocycles. The molecule has 3 rings (SSSR count). The normalized spacial score (nSPS) is 16.9. The van der Waals surface area contributed by atoms with Crippen LogP contribution in [0, 0.1) is 5.92 Å². The van der Waals surface area contributed by atoms with Gasteiger partial charge in [-0.3, -0.25) is 4.98 Å². The first-order valence-electron chi connectivity index (χ1n) is 6.83. The maximum absolute atomic E-state index is 11.2. The average molecular weight is 277 g/mol. The van der Waals surface area contributed by atoms with Crippen molar-refractivity contribution in [3.8, 4) is 0 Å². The fourth-order valence-corrected chi connectivity index (χ4v) is 2.85. The number of piperidine rings is 1. The molecule has 6 nitrogen and oxygen atoms in total. The number of benzene rings is 1. The van der Waals surface area contributed by atoms with Crippen molar-refractivity contribution in [1.29, 1.82) is 0 Å². The van der Waals surface area contributed by atoms with Crippen LogP contribution in [-0.4, -0.2) is 31.8 Å². The minimum Gasteiger partial charge on any atom is -0.408 e. The van der Waals surface area contributed by atoms with E-state index in [4.69, 9.17) is 14.9 Å². The minimum absolute atomic E-state index is 0.449. The molecule has 1 aromatic carbocycles. The van der Waals surface area contributed by atoms with Crippen molar-refractivity contribution < 1.29 is 9.15 Å². The van der Waals surface area contributed by atoms with Gasteiger partial charge in [0, 0.05) is 32.9 Å². The van der Waals surface area contributed by atoms with Crippen molar-refractivity contribution in [2.24, 2.45) is 5.92 Å². The second-order valence-electron chi connectivity index (χ2n) is 5.31. The van der Waals surface area contributed by atoms with Crippen LogP contribution in [0.4, 0.5) is 11.4 Å². The fraction of sp³-hybridized carbons (Fsp3) is 0.500. The number of rotatable bonds is 3. The Bertz CT molecular complexity index is 653. The standard InChI is InChI=1S/C14H19N3O3/c1-19-8-9-2-4-17(5-3-9)12-7-11-13(6-10(12)15)20-14(18)16-11/h6-7,9H,2-5,8,15H2,1H3,(H,16,18). The van der Waals surface area contributed by atoms with Crippen LogP contribution >= 0.6 is 0 Å². The molecule has 0 unspecified atom stereocenters. The summed E-state index contributed by atoms with van der Waals surface area (Å²) in [6.07, 6.45) is 2.18. The van der Waals surface area contributed by atoms with Gasteiger partial charge in [0.05, 0.1) is 16.9 Å². The number of nitrogen functional groups attached to an aromatic ring is 1. The lowest BCUT2D eigenvalue weighted by Gasteiger charge is -2.34. The van der Waals surface area contributed by atoms with Gasteiger partial charge in [-0.15, -0.1) is 0 Å². The number of aromatic amines is 1. The number of nitrogens with one attached hydrogen (secondary N) is 1. The molecule has 0 amide bonds. The van der Waals surface area contributed by atoms with E-state index in [9.17, 15) is 4.79 Å². The maximum Gasteiger partial charge on any atom is 0.417 e. The lowest BCUT2D eigenvalue weighted by molar-refractivity contribution is 0.139. The first-order chi connectivity index (χ1) is 9.67. The van der Waals surface area contributed by atoms with E-state index >= 15 is 0 Å². The van der Waals surface area contributed by atoms with Crippen molar-refractivity contribution >= 4 is 22.5 Å². The maximum atomic E-state index is 11.2. The Balaban J connectivity index is 1.83. The Kier molecular flexibility index (Phi) is 3.40. The van der Waals surface area contributed by atoms with Gasteiger partial charge in [-0.1, -0.05) is 0 Å². The summed E-state index contributed by atoms with van der Waals surface area (Å²) >= 11 is 0. The van der Waals surface area contributed by atoms with E-state index in [-0.39, 0.29) is 0 Å². The second kappa shape index (κ2) is 5.20. The summed E-state index contributed by atoms with van der Waals surface area (Å²) < 4.78 is 10.2. The van der Waals surface area contributed by atoms with Gasteiger partial charge in [0.1, 0.15) is 0 Å². The van der Waals surface area contributed by atoms with Crippen molar-refractivity contribution in [3.63, 3.8) is 0 Å². The Morgan fingerprint density at radius 2 is 2.20 bits per heavy atom. The molecular weight excluding hydrogens is 258 g/mol. The number of methoxy groups -OCH3 is 1. The third kappa shape index (κ3) is 2.38. The fourth-order valence-electron chi connectivity index (χ4n) is 2.85. The minimum atomic E-state index is -0.449. The molecule has 0 spiro atoms. The van der Waals surface area contributed by atoms with Crippen LogP contribution in [0.5, 0.6) is 0 Å². The second-order valence-corrected chi connectivity index (χ2v) is 5.31. The van der Waals surface area contributed by atoms with Crippen LogP contribution in [0.2, 0.25) is 0 Å². The molecule has 3 N–H and O–H groups in total. The number of anilines is 2. The third-order valence-electron chi connectivity index (χ3n) is 3.93. The lowest BCUT2D eigenvalue weighted by atomic mass is 9.97. The zero-order valence-corrected chi connectivity index (χ0v) is 11.5. The number of H-pyrrole nitrogens is 1. The van der Waals surface area contributed by atoms with Gasteiger partial charge in [-0.25, -0.2) is 4.79 Å². The molecule has 1 aromatic heterocycles. The van der Waals surface area contributed by atoms with Crippen molar-refractivity contribution in [1.82, 2.24) is 4.98 Å². The first-order valence-corrected chi connectivity index (χ1v) is 6.83. The monoisotopic (exact) mass is 277 g/mol. The van der Waals surface area contributed by atoms with Crippen molar-refractivity contribution in [2.75, 3.05) is 37.4 Å². The van der Waals surface area contributed by atoms with E-state index in [2.05, 4.69) is 9.88 Å². The van der Waals surface area contributed by atoms with E-state index in [1.54, 1.807) is 13.2 Å². The molecule has 1 aliphatic heterocycles. The number of fused-ring (bicyclic) bond motifs is 1. The molecule has 2 aromatic rings. The number of hydrogen-bond acceptors (Lipinski definition) is 5. The van der Waals surface area contributed by atoms with Crippen LogP contribution in [0.3, 0.4) is 0 Å². The number of hydrogen-bond donors (Lipinski definition) is 2. The first kappa shape index (κ1) is 13.1. The predicted octanol–water partition coefficient (Wildman–Crippen LogP) is 1.57. The van der Waals surface area contributed by atoms with Crippen LogP contribution in [0.25, 0.3) is 11.1 Å². The summed E-state index contributed by atoms with van der Waals surface area (Å²) in [6.45, 7) is 2.72. The summed E-state index contributed by atoms with van der Waals surface area (Å²) in [5.74, 6) is 0.172. The zero-order valence-electron chi connectivity index (χ0n) is 11.5. The Labute approximate surface area is 116 Å². The van der Waals surface area contributed by atoms with Crippen LogP contribution in [0.1, 0.15) is 12.8 Å². The van der Waals surface area contributed by atoms with Crippen LogP contribution < -0.4 is 16.4 Å². The molecular formula is C14H19N3O3. The van der Waals surface area contributed by atoms with Gasteiger partial charge in [-0.05, 0) is 24.8 Å². The number of oxazole rings is 1. The highest BCUT2D eigenvalue weighted by molar-refractivity contribution is 5.85. The summed E-state index contributed by atoms with van der Waals surface area (Å²) in [5.41, 5.74) is 8.88. The zero-order chi connectivity index (χ0) is 14.1. The molecule has 1 saturated heterocycles. The molecule has 0 radical (unpaired) electrons. The predicted molar refractivity (Wildman–Crippen MR) is 78.1 cm³/mol. The summed E-state index contributed by atoms with van der Waals surface area (Å²) in [5, 5.41) is 0. The van der Waals surface area contributed by atoms with Gasteiger partial charge in [0.25, 0.3) is 0 Å². The van der Waals surface area contributed by atoms with Crippen LogP contribution in [0.15, 0.2) is 21.3 Å². The summed E-state index contributed by atoms with van der Waals surface area (Å²) in [7, 11) is 1.74.